The second-order valence-electron chi connectivity index (χ2n) is 5.40. The fourth-order valence-electron chi connectivity index (χ4n) is 2.03. The summed E-state index contributed by atoms with van der Waals surface area (Å²) in [7, 11) is 0. The van der Waals surface area contributed by atoms with Gasteiger partial charge in [-0.25, -0.2) is 4.98 Å². The molecule has 0 bridgehead atoms. The average Bonchev–Trinajstić information content (AvgIpc) is 2.97. The van der Waals surface area contributed by atoms with E-state index in [1.54, 1.807) is 11.3 Å². The Balaban J connectivity index is 2.13. The van der Waals surface area contributed by atoms with Crippen LogP contribution in [0.3, 0.4) is 0 Å². The number of amides is 1. The maximum absolute atomic E-state index is 12.3. The first kappa shape index (κ1) is 17.0. The number of hydrogen-bond acceptors (Lipinski definition) is 4. The first-order valence-corrected chi connectivity index (χ1v) is 9.36. The summed E-state index contributed by atoms with van der Waals surface area (Å²) in [5.74, 6) is 1.40. The number of aryl methyl sites for hydroxylation is 1. The maximum atomic E-state index is 12.3. The van der Waals surface area contributed by atoms with Gasteiger partial charge in [0.25, 0.3) is 5.24 Å². The molecule has 0 aliphatic heterocycles. The van der Waals surface area contributed by atoms with Crippen LogP contribution in [0.5, 0.6) is 0 Å². The number of thioether (sulfide) groups is 1. The van der Waals surface area contributed by atoms with Crippen molar-refractivity contribution in [2.24, 2.45) is 5.92 Å². The predicted octanol–water partition coefficient (Wildman–Crippen LogP) is 5.03. The van der Waals surface area contributed by atoms with Crippen molar-refractivity contribution < 1.29 is 4.79 Å². The molecule has 1 aromatic heterocycles. The van der Waals surface area contributed by atoms with Gasteiger partial charge in [-0.1, -0.05) is 62.4 Å². The number of nitrogens with zero attached hydrogens (tertiary/aromatic N) is 1. The van der Waals surface area contributed by atoms with Crippen molar-refractivity contribution in [2.75, 3.05) is 5.75 Å². The molecule has 2 rings (SSSR count). The van der Waals surface area contributed by atoms with Gasteiger partial charge in [-0.05, 0) is 18.4 Å². The highest BCUT2D eigenvalue weighted by Crippen LogP contribution is 2.28. The van der Waals surface area contributed by atoms with Crippen molar-refractivity contribution in [1.82, 2.24) is 10.3 Å². The van der Waals surface area contributed by atoms with Crippen LogP contribution >= 0.6 is 23.1 Å². The molecule has 0 saturated carbocycles. The third kappa shape index (κ3) is 4.58. The fraction of sp³-hybridized carbons (Fsp3) is 0.412. The van der Waals surface area contributed by atoms with E-state index >= 15 is 0 Å². The standard InChI is InChI=1S/C17H22N2OS2/c1-4-12(2)10-21-17(20)19-15(14-8-6-5-7-9-14)16-13(3)18-11-22-16/h5-9,11-12,15H,4,10H2,1-3H3,(H,19,20). The number of aromatic nitrogens is 1. The second kappa shape index (κ2) is 8.34. The van der Waals surface area contributed by atoms with Gasteiger partial charge >= 0.3 is 0 Å². The van der Waals surface area contributed by atoms with Crippen LogP contribution in [0.25, 0.3) is 0 Å². The summed E-state index contributed by atoms with van der Waals surface area (Å²) in [6, 6.07) is 9.95. The highest BCUT2D eigenvalue weighted by Gasteiger charge is 2.21. The first-order valence-electron chi connectivity index (χ1n) is 7.50. The van der Waals surface area contributed by atoms with E-state index in [1.807, 2.05) is 42.8 Å². The minimum Gasteiger partial charge on any atom is -0.335 e. The number of hydrogen-bond donors (Lipinski definition) is 1. The Morgan fingerprint density at radius 3 is 2.68 bits per heavy atom. The Morgan fingerprint density at radius 2 is 2.09 bits per heavy atom. The van der Waals surface area contributed by atoms with Crippen LogP contribution in [-0.2, 0) is 0 Å². The van der Waals surface area contributed by atoms with Gasteiger partial charge in [-0.2, -0.15) is 0 Å². The van der Waals surface area contributed by atoms with Crippen LogP contribution in [0, 0.1) is 12.8 Å². The number of nitrogens with one attached hydrogen (secondary N) is 1. The van der Waals surface area contributed by atoms with Gasteiger partial charge < -0.3 is 5.32 Å². The lowest BCUT2D eigenvalue weighted by Gasteiger charge is -2.19. The molecule has 3 nitrogen and oxygen atoms in total. The molecule has 0 fully saturated rings. The Morgan fingerprint density at radius 1 is 1.36 bits per heavy atom. The zero-order valence-electron chi connectivity index (χ0n) is 13.2. The second-order valence-corrected chi connectivity index (χ2v) is 7.28. The number of thiazole rings is 1. The van der Waals surface area contributed by atoms with E-state index in [0.29, 0.717) is 5.92 Å². The molecule has 2 unspecified atom stereocenters. The molecule has 22 heavy (non-hydrogen) atoms. The summed E-state index contributed by atoms with van der Waals surface area (Å²) >= 11 is 2.96. The van der Waals surface area contributed by atoms with E-state index in [2.05, 4.69) is 24.1 Å². The van der Waals surface area contributed by atoms with Crippen LogP contribution in [0.1, 0.15) is 42.4 Å². The van der Waals surface area contributed by atoms with Gasteiger partial charge in [-0.3, -0.25) is 4.79 Å². The molecular formula is C17H22N2OS2. The van der Waals surface area contributed by atoms with Gasteiger partial charge in [-0.15, -0.1) is 11.3 Å². The first-order chi connectivity index (χ1) is 10.6. The minimum atomic E-state index is -0.120. The molecule has 1 aromatic carbocycles. The average molecular weight is 335 g/mol. The van der Waals surface area contributed by atoms with Crippen molar-refractivity contribution >= 4 is 28.3 Å². The van der Waals surface area contributed by atoms with E-state index in [-0.39, 0.29) is 11.3 Å². The van der Waals surface area contributed by atoms with Gasteiger partial charge in [0, 0.05) is 5.75 Å². The monoisotopic (exact) mass is 334 g/mol. The largest absolute Gasteiger partial charge is 0.335 e. The third-order valence-electron chi connectivity index (χ3n) is 3.64. The molecule has 1 heterocycles. The lowest BCUT2D eigenvalue weighted by molar-refractivity contribution is 0.259. The van der Waals surface area contributed by atoms with Crippen LogP contribution in [0.2, 0.25) is 0 Å². The van der Waals surface area contributed by atoms with Gasteiger partial charge in [0.2, 0.25) is 0 Å². The van der Waals surface area contributed by atoms with Crippen molar-refractivity contribution in [2.45, 2.75) is 33.2 Å². The highest BCUT2D eigenvalue weighted by atomic mass is 32.2. The minimum absolute atomic E-state index is 0.0296. The normalized spacial score (nSPS) is 13.6. The van der Waals surface area contributed by atoms with Crippen molar-refractivity contribution in [3.63, 3.8) is 0 Å². The summed E-state index contributed by atoms with van der Waals surface area (Å²) < 4.78 is 0. The van der Waals surface area contributed by atoms with Crippen LogP contribution in [0.4, 0.5) is 4.79 Å². The summed E-state index contributed by atoms with van der Waals surface area (Å²) in [4.78, 5) is 17.7. The van der Waals surface area contributed by atoms with E-state index in [9.17, 15) is 4.79 Å². The molecule has 1 amide bonds. The quantitative estimate of drug-likeness (QED) is 0.805. The zero-order chi connectivity index (χ0) is 15.9. The Bertz CT molecular complexity index is 598. The van der Waals surface area contributed by atoms with Gasteiger partial charge in [0.05, 0.1) is 22.1 Å². The molecule has 1 N–H and O–H groups in total. The maximum Gasteiger partial charge on any atom is 0.279 e. The smallest absolute Gasteiger partial charge is 0.279 e. The topological polar surface area (TPSA) is 42.0 Å². The molecule has 2 aromatic rings. The summed E-state index contributed by atoms with van der Waals surface area (Å²) in [6.07, 6.45) is 1.09. The molecule has 0 saturated heterocycles. The lowest BCUT2D eigenvalue weighted by atomic mass is 10.0. The summed E-state index contributed by atoms with van der Waals surface area (Å²) in [6.45, 7) is 6.30. The number of carbonyl (C=O) groups excluding carboxylic acids is 1. The molecule has 0 radical (unpaired) electrons. The van der Waals surface area contributed by atoms with E-state index in [1.165, 1.54) is 11.8 Å². The number of rotatable bonds is 6. The number of benzene rings is 1. The van der Waals surface area contributed by atoms with Gasteiger partial charge in [0.15, 0.2) is 0 Å². The van der Waals surface area contributed by atoms with Crippen LogP contribution in [-0.4, -0.2) is 16.0 Å². The predicted molar refractivity (Wildman–Crippen MR) is 95.6 cm³/mol. The number of carbonyl (C=O) groups is 1. The lowest BCUT2D eigenvalue weighted by Crippen LogP contribution is -2.26. The molecule has 0 aliphatic rings. The van der Waals surface area contributed by atoms with Crippen molar-refractivity contribution in [3.8, 4) is 0 Å². The van der Waals surface area contributed by atoms with E-state index in [0.717, 1.165) is 28.3 Å². The third-order valence-corrected chi connectivity index (χ3v) is 5.75. The molecular weight excluding hydrogens is 312 g/mol. The summed E-state index contributed by atoms with van der Waals surface area (Å²) in [5.41, 5.74) is 3.90. The molecule has 5 heteroatoms. The van der Waals surface area contributed by atoms with E-state index in [4.69, 9.17) is 0 Å². The van der Waals surface area contributed by atoms with Gasteiger partial charge in [0.1, 0.15) is 0 Å². The SMILES string of the molecule is CCC(C)CSC(=O)NC(c1ccccc1)c1scnc1C. The molecule has 118 valence electrons. The molecule has 0 spiro atoms. The van der Waals surface area contributed by atoms with Crippen LogP contribution < -0.4 is 5.32 Å². The summed E-state index contributed by atoms with van der Waals surface area (Å²) in [5, 5.41) is 3.18. The Hall–Kier alpha value is -1.33. The Kier molecular flexibility index (Phi) is 6.46. The highest BCUT2D eigenvalue weighted by molar-refractivity contribution is 8.13. The van der Waals surface area contributed by atoms with Crippen molar-refractivity contribution in [3.05, 3.63) is 52.0 Å². The Labute approximate surface area is 140 Å². The molecule has 0 aliphatic carbocycles. The zero-order valence-corrected chi connectivity index (χ0v) is 14.8. The van der Waals surface area contributed by atoms with E-state index < -0.39 is 0 Å². The molecule has 2 atom stereocenters. The van der Waals surface area contributed by atoms with Crippen LogP contribution in [0.15, 0.2) is 35.8 Å². The van der Waals surface area contributed by atoms with Crippen molar-refractivity contribution in [1.29, 1.82) is 0 Å². The fourth-order valence-corrected chi connectivity index (χ4v) is 3.78.